The maximum atomic E-state index is 13.3. The second-order valence-corrected chi connectivity index (χ2v) is 11.5. The van der Waals surface area contributed by atoms with Crippen LogP contribution >= 0.6 is 0 Å². The van der Waals surface area contributed by atoms with Crippen LogP contribution in [0.1, 0.15) is 58.3 Å². The monoisotopic (exact) mass is 554 g/mol. The van der Waals surface area contributed by atoms with Crippen LogP contribution in [0.25, 0.3) is 0 Å². The lowest BCUT2D eigenvalue weighted by Crippen LogP contribution is -2.33. The van der Waals surface area contributed by atoms with E-state index < -0.39 is 0 Å². The van der Waals surface area contributed by atoms with Crippen LogP contribution in [0.15, 0.2) is 71.7 Å². The standard InChI is InChI=1S/C34H39FN4O2/c35-30-9-5-27(6-10-30)24-39-18-1-2-29-22-31(11-12-32(29)34(39)40)41-21-15-25-13-19-38(20-14-25)23-26-3-7-28(8-4-26)33-36-16-17-37-33/h3-12,22,25H,1-2,13-21,23-24H2,(H,36,37). The van der Waals surface area contributed by atoms with Crippen LogP contribution in [0, 0.1) is 11.7 Å². The minimum atomic E-state index is -0.259. The molecule has 0 spiro atoms. The van der Waals surface area contributed by atoms with E-state index in [1.54, 1.807) is 12.1 Å². The molecular formula is C34H39FN4O2. The number of amidine groups is 1. The Hall–Kier alpha value is -3.71. The van der Waals surface area contributed by atoms with E-state index in [1.807, 2.05) is 17.0 Å². The van der Waals surface area contributed by atoms with Gasteiger partial charge in [0.05, 0.1) is 13.2 Å². The average molecular weight is 555 g/mol. The second kappa shape index (κ2) is 12.9. The summed E-state index contributed by atoms with van der Waals surface area (Å²) < 4.78 is 19.4. The number of benzene rings is 3. The molecule has 3 aliphatic heterocycles. The van der Waals surface area contributed by atoms with Crippen molar-refractivity contribution in [3.05, 3.63) is 100 Å². The molecule has 6 nitrogen and oxygen atoms in total. The van der Waals surface area contributed by atoms with Gasteiger partial charge in [-0.25, -0.2) is 4.39 Å². The number of halogens is 1. The summed E-state index contributed by atoms with van der Waals surface area (Å²) in [5.74, 6) is 2.33. The van der Waals surface area contributed by atoms with Gasteiger partial charge < -0.3 is 15.0 Å². The van der Waals surface area contributed by atoms with Crippen LogP contribution in [-0.4, -0.2) is 60.9 Å². The molecule has 0 unspecified atom stereocenters. The number of amides is 1. The predicted molar refractivity (Wildman–Crippen MR) is 160 cm³/mol. The molecule has 3 aromatic carbocycles. The fourth-order valence-electron chi connectivity index (χ4n) is 6.16. The van der Waals surface area contributed by atoms with Crippen molar-refractivity contribution in [2.45, 2.75) is 45.2 Å². The minimum Gasteiger partial charge on any atom is -0.494 e. The van der Waals surface area contributed by atoms with E-state index in [4.69, 9.17) is 4.74 Å². The summed E-state index contributed by atoms with van der Waals surface area (Å²) in [6, 6.07) is 21.1. The van der Waals surface area contributed by atoms with Gasteiger partial charge in [0.1, 0.15) is 17.4 Å². The largest absolute Gasteiger partial charge is 0.494 e. The Morgan fingerprint density at radius 1 is 0.927 bits per heavy atom. The Labute approximate surface area is 242 Å². The molecule has 0 aromatic heterocycles. The lowest BCUT2D eigenvalue weighted by atomic mass is 9.93. The molecule has 1 saturated heterocycles. The number of carbonyl (C=O) groups excluding carboxylic acids is 1. The maximum Gasteiger partial charge on any atom is 0.254 e. The van der Waals surface area contributed by atoms with Gasteiger partial charge in [-0.1, -0.05) is 36.4 Å². The highest BCUT2D eigenvalue weighted by Gasteiger charge is 2.24. The number of fused-ring (bicyclic) bond motifs is 1. The van der Waals surface area contributed by atoms with Gasteiger partial charge in [-0.15, -0.1) is 0 Å². The highest BCUT2D eigenvalue weighted by atomic mass is 19.1. The molecule has 3 aliphatic rings. The summed E-state index contributed by atoms with van der Waals surface area (Å²) in [5.41, 5.74) is 5.28. The molecule has 3 aromatic rings. The molecule has 6 rings (SSSR count). The van der Waals surface area contributed by atoms with E-state index in [1.165, 1.54) is 36.1 Å². The first kappa shape index (κ1) is 27.5. The number of hydrogen-bond donors (Lipinski definition) is 1. The molecule has 0 saturated carbocycles. The van der Waals surface area contributed by atoms with Crippen LogP contribution in [0.3, 0.4) is 0 Å². The molecule has 0 bridgehead atoms. The Bertz CT molecular complexity index is 1360. The van der Waals surface area contributed by atoms with Crippen molar-refractivity contribution in [3.8, 4) is 5.75 Å². The fraction of sp³-hybridized carbons (Fsp3) is 0.412. The zero-order valence-corrected chi connectivity index (χ0v) is 23.7. The molecule has 1 amide bonds. The highest BCUT2D eigenvalue weighted by Crippen LogP contribution is 2.26. The van der Waals surface area contributed by atoms with Crippen LogP contribution in [0.2, 0.25) is 0 Å². The normalized spacial score (nSPS) is 18.0. The lowest BCUT2D eigenvalue weighted by molar-refractivity contribution is 0.0749. The SMILES string of the molecule is O=C1c2ccc(OCCC3CCN(Cc4ccc(C5=NCCN5)cc4)CC3)cc2CCCN1Cc1ccc(F)cc1. The first-order valence-electron chi connectivity index (χ1n) is 15.0. The van der Waals surface area contributed by atoms with Crippen LogP contribution < -0.4 is 10.1 Å². The van der Waals surface area contributed by atoms with Gasteiger partial charge in [-0.05, 0) is 98.1 Å². The summed E-state index contributed by atoms with van der Waals surface area (Å²) in [4.78, 5) is 22.2. The third-order valence-electron chi connectivity index (χ3n) is 8.56. The van der Waals surface area contributed by atoms with Crippen molar-refractivity contribution in [3.63, 3.8) is 0 Å². The van der Waals surface area contributed by atoms with Crippen molar-refractivity contribution in [2.24, 2.45) is 10.9 Å². The molecular weight excluding hydrogens is 515 g/mol. The van der Waals surface area contributed by atoms with E-state index in [9.17, 15) is 9.18 Å². The van der Waals surface area contributed by atoms with E-state index in [-0.39, 0.29) is 11.7 Å². The summed E-state index contributed by atoms with van der Waals surface area (Å²) in [6.45, 7) is 6.93. The molecule has 1 N–H and O–H groups in total. The topological polar surface area (TPSA) is 57.2 Å². The van der Waals surface area contributed by atoms with Gasteiger partial charge in [-0.2, -0.15) is 0 Å². The summed E-state index contributed by atoms with van der Waals surface area (Å²) in [7, 11) is 0. The molecule has 41 heavy (non-hydrogen) atoms. The molecule has 1 fully saturated rings. The molecule has 214 valence electrons. The van der Waals surface area contributed by atoms with Gasteiger partial charge in [0.2, 0.25) is 0 Å². The predicted octanol–water partition coefficient (Wildman–Crippen LogP) is 5.45. The van der Waals surface area contributed by atoms with Crippen LogP contribution in [0.4, 0.5) is 4.39 Å². The Balaban J connectivity index is 0.947. The van der Waals surface area contributed by atoms with Gasteiger partial charge >= 0.3 is 0 Å². The third kappa shape index (κ3) is 6.96. The Morgan fingerprint density at radius 3 is 2.44 bits per heavy atom. The first-order valence-corrected chi connectivity index (χ1v) is 15.0. The molecule has 0 atom stereocenters. The molecule has 3 heterocycles. The van der Waals surface area contributed by atoms with Crippen molar-refractivity contribution >= 4 is 11.7 Å². The van der Waals surface area contributed by atoms with E-state index >= 15 is 0 Å². The van der Waals surface area contributed by atoms with E-state index in [0.717, 1.165) is 80.3 Å². The van der Waals surface area contributed by atoms with Gasteiger partial charge in [0.15, 0.2) is 0 Å². The minimum absolute atomic E-state index is 0.0382. The smallest absolute Gasteiger partial charge is 0.254 e. The van der Waals surface area contributed by atoms with E-state index in [2.05, 4.69) is 45.5 Å². The summed E-state index contributed by atoms with van der Waals surface area (Å²) in [5, 5.41) is 3.34. The third-order valence-corrected chi connectivity index (χ3v) is 8.56. The number of nitrogens with one attached hydrogen (secondary N) is 1. The van der Waals surface area contributed by atoms with Crippen molar-refractivity contribution in [1.82, 2.24) is 15.1 Å². The van der Waals surface area contributed by atoms with Crippen molar-refractivity contribution in [2.75, 3.05) is 39.3 Å². The van der Waals surface area contributed by atoms with E-state index in [0.29, 0.717) is 25.6 Å². The molecule has 0 radical (unpaired) electrons. The number of nitrogens with zero attached hydrogens (tertiary/aromatic N) is 3. The van der Waals surface area contributed by atoms with Gasteiger partial charge in [0, 0.05) is 37.3 Å². The summed E-state index contributed by atoms with van der Waals surface area (Å²) >= 11 is 0. The number of hydrogen-bond acceptors (Lipinski definition) is 5. The van der Waals surface area contributed by atoms with Gasteiger partial charge in [-0.3, -0.25) is 14.7 Å². The first-order chi connectivity index (χ1) is 20.1. The zero-order valence-electron chi connectivity index (χ0n) is 23.7. The number of likely N-dealkylation sites (tertiary alicyclic amines) is 1. The lowest BCUT2D eigenvalue weighted by Gasteiger charge is -2.32. The maximum absolute atomic E-state index is 13.3. The fourth-order valence-corrected chi connectivity index (χ4v) is 6.16. The number of carbonyl (C=O) groups is 1. The number of aliphatic imine (C=N–C) groups is 1. The second-order valence-electron chi connectivity index (χ2n) is 11.5. The quantitative estimate of drug-likeness (QED) is 0.383. The highest BCUT2D eigenvalue weighted by molar-refractivity contribution is 5.99. The average Bonchev–Trinajstić information content (AvgIpc) is 3.49. The van der Waals surface area contributed by atoms with Crippen LogP contribution in [-0.2, 0) is 19.5 Å². The molecule has 7 heteroatoms. The number of rotatable bonds is 9. The van der Waals surface area contributed by atoms with Crippen LogP contribution in [0.5, 0.6) is 5.75 Å². The molecule has 0 aliphatic carbocycles. The van der Waals surface area contributed by atoms with Crippen molar-refractivity contribution < 1.29 is 13.9 Å². The zero-order chi connectivity index (χ0) is 28.0. The number of piperidine rings is 1. The van der Waals surface area contributed by atoms with Crippen molar-refractivity contribution in [1.29, 1.82) is 0 Å². The number of ether oxygens (including phenoxy) is 1. The number of aryl methyl sites for hydroxylation is 1. The summed E-state index contributed by atoms with van der Waals surface area (Å²) in [6.07, 6.45) is 5.21. The van der Waals surface area contributed by atoms with Gasteiger partial charge in [0.25, 0.3) is 5.91 Å². The Kier molecular flexibility index (Phi) is 8.61. The Morgan fingerprint density at radius 2 is 1.68 bits per heavy atom.